The minimum atomic E-state index is -0.472. The van der Waals surface area contributed by atoms with E-state index in [1.807, 2.05) is 0 Å². The highest BCUT2D eigenvalue weighted by Crippen LogP contribution is 2.25. The molecule has 0 aliphatic heterocycles. The lowest BCUT2D eigenvalue weighted by atomic mass is 10.00. The van der Waals surface area contributed by atoms with Crippen molar-refractivity contribution in [3.63, 3.8) is 0 Å². The highest BCUT2D eigenvalue weighted by molar-refractivity contribution is 14.1. The molecule has 0 spiro atoms. The van der Waals surface area contributed by atoms with Crippen molar-refractivity contribution < 1.29 is 9.50 Å². The van der Waals surface area contributed by atoms with E-state index in [0.717, 1.165) is 22.0 Å². The van der Waals surface area contributed by atoms with Crippen molar-refractivity contribution in [3.8, 4) is 0 Å². The highest BCUT2D eigenvalue weighted by Gasteiger charge is 2.12. The molecule has 1 aromatic carbocycles. The Morgan fingerprint density at radius 1 is 1.33 bits per heavy atom. The molecule has 0 radical (unpaired) electrons. The Morgan fingerprint density at radius 2 is 2.00 bits per heavy atom. The number of hydrogen-bond donors (Lipinski definition) is 1. The number of halogens is 2. The van der Waals surface area contributed by atoms with Gasteiger partial charge in [-0.05, 0) is 59.0 Å². The molecule has 3 heteroatoms. The monoisotopic (exact) mass is 322 g/mol. The van der Waals surface area contributed by atoms with Gasteiger partial charge >= 0.3 is 0 Å². The molecular formula is C12H16FIO. The minimum Gasteiger partial charge on any atom is -0.388 e. The Bertz CT molecular complexity index is 325. The van der Waals surface area contributed by atoms with E-state index >= 15 is 0 Å². The first-order chi connectivity index (χ1) is 7.00. The maximum atomic E-state index is 12.8. The van der Waals surface area contributed by atoms with Gasteiger partial charge in [-0.25, -0.2) is 4.39 Å². The summed E-state index contributed by atoms with van der Waals surface area (Å²) in [6.07, 6.45) is 1.24. The van der Waals surface area contributed by atoms with E-state index in [0.29, 0.717) is 5.92 Å². The van der Waals surface area contributed by atoms with Crippen molar-refractivity contribution in [2.75, 3.05) is 0 Å². The maximum absolute atomic E-state index is 12.8. The van der Waals surface area contributed by atoms with Crippen molar-refractivity contribution in [1.29, 1.82) is 0 Å². The highest BCUT2D eigenvalue weighted by atomic mass is 127. The van der Waals surface area contributed by atoms with Crippen LogP contribution in [0.2, 0.25) is 0 Å². The van der Waals surface area contributed by atoms with Gasteiger partial charge in [0.25, 0.3) is 0 Å². The second kappa shape index (κ2) is 5.80. The van der Waals surface area contributed by atoms with E-state index in [9.17, 15) is 9.50 Å². The fraction of sp³-hybridized carbons (Fsp3) is 0.500. The average molecular weight is 322 g/mol. The van der Waals surface area contributed by atoms with Crippen molar-refractivity contribution >= 4 is 22.6 Å². The zero-order valence-corrected chi connectivity index (χ0v) is 11.2. The summed E-state index contributed by atoms with van der Waals surface area (Å²) >= 11 is 2.06. The SMILES string of the molecule is CC(C)CCC(O)c1ccc(F)cc1I. The van der Waals surface area contributed by atoms with Crippen LogP contribution in [0.15, 0.2) is 18.2 Å². The van der Waals surface area contributed by atoms with Crippen LogP contribution >= 0.6 is 22.6 Å². The van der Waals surface area contributed by atoms with Gasteiger partial charge in [0, 0.05) is 3.57 Å². The normalized spacial score (nSPS) is 13.2. The first kappa shape index (κ1) is 12.9. The van der Waals surface area contributed by atoms with Crippen LogP contribution in [0.5, 0.6) is 0 Å². The molecule has 1 atom stereocenters. The molecule has 15 heavy (non-hydrogen) atoms. The fourth-order valence-corrected chi connectivity index (χ4v) is 2.26. The lowest BCUT2D eigenvalue weighted by Gasteiger charge is -2.14. The Balaban J connectivity index is 2.69. The number of hydrogen-bond acceptors (Lipinski definition) is 1. The van der Waals surface area contributed by atoms with Crippen LogP contribution in [-0.4, -0.2) is 5.11 Å². The van der Waals surface area contributed by atoms with Crippen molar-refractivity contribution in [3.05, 3.63) is 33.1 Å². The summed E-state index contributed by atoms with van der Waals surface area (Å²) in [5.41, 5.74) is 0.831. The summed E-state index contributed by atoms with van der Waals surface area (Å²) in [7, 11) is 0. The standard InChI is InChI=1S/C12H16FIO/c1-8(2)3-6-12(15)10-5-4-9(13)7-11(10)14/h4-5,7-8,12,15H,3,6H2,1-2H3. The molecule has 0 fully saturated rings. The Kier molecular flexibility index (Phi) is 4.99. The van der Waals surface area contributed by atoms with Crippen molar-refractivity contribution in [2.24, 2.45) is 5.92 Å². The lowest BCUT2D eigenvalue weighted by Crippen LogP contribution is -2.02. The molecule has 0 aromatic heterocycles. The number of benzene rings is 1. The number of aliphatic hydroxyl groups excluding tert-OH is 1. The van der Waals surface area contributed by atoms with Gasteiger partial charge in [0.15, 0.2) is 0 Å². The first-order valence-electron chi connectivity index (χ1n) is 5.13. The van der Waals surface area contributed by atoms with Gasteiger partial charge in [-0.2, -0.15) is 0 Å². The van der Waals surface area contributed by atoms with Crippen LogP contribution in [-0.2, 0) is 0 Å². The van der Waals surface area contributed by atoms with Crippen LogP contribution in [0.4, 0.5) is 4.39 Å². The van der Waals surface area contributed by atoms with Gasteiger partial charge in [-0.3, -0.25) is 0 Å². The van der Waals surface area contributed by atoms with Gasteiger partial charge < -0.3 is 5.11 Å². The van der Waals surface area contributed by atoms with E-state index < -0.39 is 6.10 Å². The maximum Gasteiger partial charge on any atom is 0.124 e. The molecule has 0 aliphatic carbocycles. The summed E-state index contributed by atoms with van der Waals surface area (Å²) in [6.45, 7) is 4.25. The molecule has 1 aromatic rings. The Morgan fingerprint density at radius 3 is 2.53 bits per heavy atom. The van der Waals surface area contributed by atoms with E-state index in [1.54, 1.807) is 6.07 Å². The summed E-state index contributed by atoms with van der Waals surface area (Å²) in [5.74, 6) is 0.331. The molecular weight excluding hydrogens is 306 g/mol. The van der Waals surface area contributed by atoms with Crippen molar-refractivity contribution in [1.82, 2.24) is 0 Å². The van der Waals surface area contributed by atoms with Gasteiger partial charge in [0.05, 0.1) is 6.10 Å². The molecule has 0 bridgehead atoms. The molecule has 0 saturated heterocycles. The van der Waals surface area contributed by atoms with E-state index in [-0.39, 0.29) is 5.82 Å². The van der Waals surface area contributed by atoms with E-state index in [1.165, 1.54) is 12.1 Å². The second-order valence-electron chi connectivity index (χ2n) is 4.15. The van der Waals surface area contributed by atoms with Crippen LogP contribution in [0.1, 0.15) is 38.4 Å². The third-order valence-electron chi connectivity index (χ3n) is 2.34. The molecule has 1 unspecified atom stereocenters. The topological polar surface area (TPSA) is 20.2 Å². The zero-order valence-electron chi connectivity index (χ0n) is 9.00. The Labute approximate surface area is 104 Å². The largest absolute Gasteiger partial charge is 0.388 e. The lowest BCUT2D eigenvalue weighted by molar-refractivity contribution is 0.158. The third kappa shape index (κ3) is 4.07. The molecule has 0 amide bonds. The van der Waals surface area contributed by atoms with Gasteiger partial charge in [-0.1, -0.05) is 19.9 Å². The van der Waals surface area contributed by atoms with Crippen LogP contribution < -0.4 is 0 Å². The van der Waals surface area contributed by atoms with Gasteiger partial charge in [0.2, 0.25) is 0 Å². The van der Waals surface area contributed by atoms with Crippen LogP contribution in [0, 0.1) is 15.3 Å². The summed E-state index contributed by atoms with van der Waals surface area (Å²) in [5, 5.41) is 9.91. The zero-order chi connectivity index (χ0) is 11.4. The van der Waals surface area contributed by atoms with E-state index in [4.69, 9.17) is 0 Å². The average Bonchev–Trinajstić information content (AvgIpc) is 2.14. The predicted octanol–water partition coefficient (Wildman–Crippen LogP) is 3.90. The molecule has 1 nitrogen and oxygen atoms in total. The number of aliphatic hydroxyl groups is 1. The summed E-state index contributed by atoms with van der Waals surface area (Å²) < 4.78 is 13.6. The van der Waals surface area contributed by atoms with E-state index in [2.05, 4.69) is 36.4 Å². The quantitative estimate of drug-likeness (QED) is 0.834. The summed E-state index contributed by atoms with van der Waals surface area (Å²) in [6, 6.07) is 4.52. The molecule has 1 N–H and O–H groups in total. The van der Waals surface area contributed by atoms with Crippen LogP contribution in [0.25, 0.3) is 0 Å². The minimum absolute atomic E-state index is 0.251. The van der Waals surface area contributed by atoms with Crippen LogP contribution in [0.3, 0.4) is 0 Å². The van der Waals surface area contributed by atoms with Gasteiger partial charge in [0.1, 0.15) is 5.82 Å². The van der Waals surface area contributed by atoms with Gasteiger partial charge in [-0.15, -0.1) is 0 Å². The molecule has 0 aliphatic rings. The first-order valence-corrected chi connectivity index (χ1v) is 6.21. The molecule has 84 valence electrons. The fourth-order valence-electron chi connectivity index (χ4n) is 1.42. The summed E-state index contributed by atoms with van der Waals surface area (Å²) in [4.78, 5) is 0. The smallest absolute Gasteiger partial charge is 0.124 e. The van der Waals surface area contributed by atoms with Crippen molar-refractivity contribution in [2.45, 2.75) is 32.8 Å². The Hall–Kier alpha value is -0.160. The molecule has 0 saturated carbocycles. The predicted molar refractivity (Wildman–Crippen MR) is 68.1 cm³/mol. The second-order valence-corrected chi connectivity index (χ2v) is 5.32. The molecule has 0 heterocycles. The molecule has 1 rings (SSSR count). The third-order valence-corrected chi connectivity index (χ3v) is 3.27. The number of rotatable bonds is 4.